The lowest BCUT2D eigenvalue weighted by atomic mass is 10.1. The normalized spacial score (nSPS) is 13.1. The highest BCUT2D eigenvalue weighted by Gasteiger charge is 2.18. The third-order valence-electron chi connectivity index (χ3n) is 2.55. The largest absolute Gasteiger partial charge is 0.497 e. The molecule has 1 aliphatic rings. The van der Waals surface area contributed by atoms with Gasteiger partial charge in [-0.3, -0.25) is 4.79 Å². The summed E-state index contributed by atoms with van der Waals surface area (Å²) >= 11 is 0. The van der Waals surface area contributed by atoms with Crippen molar-refractivity contribution in [3.63, 3.8) is 0 Å². The van der Waals surface area contributed by atoms with Crippen molar-refractivity contribution in [1.29, 1.82) is 0 Å². The van der Waals surface area contributed by atoms with Gasteiger partial charge >= 0.3 is 0 Å². The van der Waals surface area contributed by atoms with Gasteiger partial charge in [-0.2, -0.15) is 0 Å². The lowest BCUT2D eigenvalue weighted by Crippen LogP contribution is -1.94. The maximum atomic E-state index is 10.7. The van der Waals surface area contributed by atoms with Crippen LogP contribution in [-0.2, 0) is 11.2 Å². The molecule has 0 spiro atoms. The maximum Gasteiger partial charge on any atom is 0.146 e. The molecule has 3 heteroatoms. The summed E-state index contributed by atoms with van der Waals surface area (Å²) in [6.45, 7) is 0. The van der Waals surface area contributed by atoms with E-state index in [1.165, 1.54) is 0 Å². The molecular formula is C12H12O3. The third kappa shape index (κ3) is 1.61. The van der Waals surface area contributed by atoms with E-state index in [0.29, 0.717) is 6.42 Å². The molecule has 0 bridgehead atoms. The number of rotatable bonds is 3. The van der Waals surface area contributed by atoms with Crippen molar-refractivity contribution in [2.24, 2.45) is 0 Å². The fraction of sp³-hybridized carbons (Fsp3) is 0.250. The molecule has 0 heterocycles. The maximum absolute atomic E-state index is 10.7. The first-order valence-corrected chi connectivity index (χ1v) is 4.69. The number of allylic oxidation sites excluding steroid dienone is 1. The molecule has 1 aliphatic carbocycles. The van der Waals surface area contributed by atoms with Crippen LogP contribution in [0.15, 0.2) is 17.7 Å². The molecule has 1 aromatic carbocycles. The molecular weight excluding hydrogens is 192 g/mol. The van der Waals surface area contributed by atoms with Gasteiger partial charge in [0.25, 0.3) is 0 Å². The van der Waals surface area contributed by atoms with Crippen molar-refractivity contribution < 1.29 is 14.3 Å². The summed E-state index contributed by atoms with van der Waals surface area (Å²) in [4.78, 5) is 10.7. The van der Waals surface area contributed by atoms with E-state index in [2.05, 4.69) is 0 Å². The number of ether oxygens (including phenoxy) is 2. The van der Waals surface area contributed by atoms with Crippen molar-refractivity contribution in [3.05, 3.63) is 28.8 Å². The van der Waals surface area contributed by atoms with Crippen LogP contribution in [0, 0.1) is 0 Å². The van der Waals surface area contributed by atoms with Crippen molar-refractivity contribution in [2.75, 3.05) is 14.2 Å². The van der Waals surface area contributed by atoms with Gasteiger partial charge in [0.2, 0.25) is 0 Å². The highest BCUT2D eigenvalue weighted by atomic mass is 16.5. The zero-order valence-electron chi connectivity index (χ0n) is 8.74. The molecule has 0 aliphatic heterocycles. The fourth-order valence-electron chi connectivity index (χ4n) is 1.79. The fourth-order valence-corrected chi connectivity index (χ4v) is 1.79. The van der Waals surface area contributed by atoms with Gasteiger partial charge in [-0.15, -0.1) is 0 Å². The number of methoxy groups -OCH3 is 2. The minimum absolute atomic E-state index is 0.645. The van der Waals surface area contributed by atoms with E-state index >= 15 is 0 Å². The summed E-state index contributed by atoms with van der Waals surface area (Å²) < 4.78 is 10.4. The summed E-state index contributed by atoms with van der Waals surface area (Å²) in [6.07, 6.45) is 3.39. The van der Waals surface area contributed by atoms with E-state index in [4.69, 9.17) is 9.47 Å². The monoisotopic (exact) mass is 204 g/mol. The molecule has 0 N–H and O–H groups in total. The van der Waals surface area contributed by atoms with Crippen LogP contribution in [0.5, 0.6) is 11.5 Å². The van der Waals surface area contributed by atoms with Crippen LogP contribution in [0.2, 0.25) is 0 Å². The lowest BCUT2D eigenvalue weighted by molar-refractivity contribution is -0.104. The Balaban J connectivity index is 2.51. The van der Waals surface area contributed by atoms with E-state index in [-0.39, 0.29) is 0 Å². The number of carbonyl (C=O) groups is 1. The van der Waals surface area contributed by atoms with Gasteiger partial charge in [-0.1, -0.05) is 0 Å². The highest BCUT2D eigenvalue weighted by Crippen LogP contribution is 2.35. The molecule has 0 atom stereocenters. The van der Waals surface area contributed by atoms with E-state index in [9.17, 15) is 4.79 Å². The second kappa shape index (κ2) is 3.77. The Morgan fingerprint density at radius 3 is 2.67 bits per heavy atom. The molecule has 15 heavy (non-hydrogen) atoms. The molecule has 1 aromatic rings. The Morgan fingerprint density at radius 2 is 2.07 bits per heavy atom. The van der Waals surface area contributed by atoms with Crippen LogP contribution in [0.4, 0.5) is 0 Å². The quantitative estimate of drug-likeness (QED) is 0.705. The summed E-state index contributed by atoms with van der Waals surface area (Å²) in [7, 11) is 3.23. The van der Waals surface area contributed by atoms with Gasteiger partial charge in [0.15, 0.2) is 0 Å². The van der Waals surface area contributed by atoms with Crippen molar-refractivity contribution >= 4 is 12.4 Å². The molecule has 0 fully saturated rings. The van der Waals surface area contributed by atoms with Crippen LogP contribution < -0.4 is 9.47 Å². The van der Waals surface area contributed by atoms with Gasteiger partial charge in [0, 0.05) is 18.1 Å². The highest BCUT2D eigenvalue weighted by molar-refractivity contribution is 5.87. The summed E-state index contributed by atoms with van der Waals surface area (Å²) in [6, 6.07) is 3.74. The standard InChI is InChI=1S/C12H12O3/c1-14-10-5-9-3-8(7-13)4-11(9)12(6-10)15-2/h3,5-7H,4H2,1-2H3. The van der Waals surface area contributed by atoms with Crippen molar-refractivity contribution in [3.8, 4) is 11.5 Å². The molecule has 0 saturated heterocycles. The number of fused-ring (bicyclic) bond motifs is 1. The van der Waals surface area contributed by atoms with Crippen LogP contribution in [-0.4, -0.2) is 20.5 Å². The molecule has 0 aromatic heterocycles. The van der Waals surface area contributed by atoms with Gasteiger partial charge in [-0.25, -0.2) is 0 Å². The van der Waals surface area contributed by atoms with Gasteiger partial charge in [-0.05, 0) is 23.3 Å². The van der Waals surface area contributed by atoms with Crippen molar-refractivity contribution in [2.45, 2.75) is 6.42 Å². The second-order valence-electron chi connectivity index (χ2n) is 3.41. The van der Waals surface area contributed by atoms with Crippen LogP contribution in [0.3, 0.4) is 0 Å². The Kier molecular flexibility index (Phi) is 2.46. The van der Waals surface area contributed by atoms with Gasteiger partial charge in [0.05, 0.1) is 14.2 Å². The summed E-state index contributed by atoms with van der Waals surface area (Å²) in [5, 5.41) is 0. The first-order valence-electron chi connectivity index (χ1n) is 4.69. The van der Waals surface area contributed by atoms with E-state index in [1.54, 1.807) is 14.2 Å². The first kappa shape index (κ1) is 9.77. The van der Waals surface area contributed by atoms with Crippen LogP contribution in [0.25, 0.3) is 6.08 Å². The molecule has 0 saturated carbocycles. The molecule has 0 amide bonds. The number of benzene rings is 1. The predicted octanol–water partition coefficient (Wildman–Crippen LogP) is 1.84. The molecule has 0 radical (unpaired) electrons. The topological polar surface area (TPSA) is 35.5 Å². The zero-order valence-corrected chi connectivity index (χ0v) is 8.74. The Bertz CT molecular complexity index is 433. The molecule has 0 unspecified atom stereocenters. The minimum Gasteiger partial charge on any atom is -0.497 e. The summed E-state index contributed by atoms with van der Waals surface area (Å²) in [5.41, 5.74) is 2.84. The van der Waals surface area contributed by atoms with Gasteiger partial charge < -0.3 is 9.47 Å². The van der Waals surface area contributed by atoms with E-state index < -0.39 is 0 Å². The number of hydrogen-bond acceptors (Lipinski definition) is 3. The Morgan fingerprint density at radius 1 is 1.27 bits per heavy atom. The lowest BCUT2D eigenvalue weighted by Gasteiger charge is -2.09. The SMILES string of the molecule is COc1cc2c(c(OC)c1)CC(C=O)=C2. The van der Waals surface area contributed by atoms with E-state index in [0.717, 1.165) is 34.5 Å². The molecule has 2 rings (SSSR count). The molecule has 3 nitrogen and oxygen atoms in total. The van der Waals surface area contributed by atoms with Crippen molar-refractivity contribution in [1.82, 2.24) is 0 Å². The van der Waals surface area contributed by atoms with Crippen LogP contribution in [0.1, 0.15) is 11.1 Å². The second-order valence-corrected chi connectivity index (χ2v) is 3.41. The number of hydrogen-bond donors (Lipinski definition) is 0. The summed E-state index contributed by atoms with van der Waals surface area (Å²) in [5.74, 6) is 1.52. The van der Waals surface area contributed by atoms with Gasteiger partial charge in [0.1, 0.15) is 17.8 Å². The number of carbonyl (C=O) groups excluding carboxylic acids is 1. The Labute approximate surface area is 88.3 Å². The van der Waals surface area contributed by atoms with E-state index in [1.807, 2.05) is 18.2 Å². The average molecular weight is 204 g/mol. The number of aldehydes is 1. The Hall–Kier alpha value is -1.77. The predicted molar refractivity (Wildman–Crippen MR) is 57.3 cm³/mol. The van der Waals surface area contributed by atoms with Crippen LogP contribution >= 0.6 is 0 Å². The first-order chi connectivity index (χ1) is 7.28. The zero-order chi connectivity index (χ0) is 10.8. The smallest absolute Gasteiger partial charge is 0.146 e. The average Bonchev–Trinajstić information content (AvgIpc) is 2.70. The third-order valence-corrected chi connectivity index (χ3v) is 2.55. The minimum atomic E-state index is 0.645. The molecule has 78 valence electrons.